The van der Waals surface area contributed by atoms with E-state index in [-0.39, 0.29) is 17.7 Å². The van der Waals surface area contributed by atoms with Crippen LogP contribution in [0.15, 0.2) is 54.6 Å². The summed E-state index contributed by atoms with van der Waals surface area (Å²) in [5.41, 5.74) is 2.48. The lowest BCUT2D eigenvalue weighted by Gasteiger charge is -2.31. The van der Waals surface area contributed by atoms with Crippen molar-refractivity contribution in [3.8, 4) is 5.75 Å². The second-order valence-electron chi connectivity index (χ2n) is 7.60. The number of benzene rings is 2. The fourth-order valence-corrected chi connectivity index (χ4v) is 3.66. The van der Waals surface area contributed by atoms with Gasteiger partial charge in [0.25, 0.3) is 0 Å². The predicted molar refractivity (Wildman–Crippen MR) is 114 cm³/mol. The van der Waals surface area contributed by atoms with Gasteiger partial charge in [0.15, 0.2) is 0 Å². The van der Waals surface area contributed by atoms with E-state index in [1.807, 2.05) is 41.3 Å². The SMILES string of the molecule is Cc1cccc(CCNC(=O)C2CCN(C(=O)CCOc3ccccc3)CC2)c1. The molecule has 2 aromatic carbocycles. The zero-order chi connectivity index (χ0) is 20.5. The molecule has 3 rings (SSSR count). The Bertz CT molecular complexity index is 799. The second kappa shape index (κ2) is 10.6. The molecule has 0 atom stereocenters. The minimum absolute atomic E-state index is 0.00266. The Kier molecular flexibility index (Phi) is 7.68. The second-order valence-corrected chi connectivity index (χ2v) is 7.60. The molecule has 0 aromatic heterocycles. The van der Waals surface area contributed by atoms with Crippen molar-refractivity contribution in [1.29, 1.82) is 0 Å². The number of hydrogen-bond donors (Lipinski definition) is 1. The summed E-state index contributed by atoms with van der Waals surface area (Å²) in [7, 11) is 0. The van der Waals surface area contributed by atoms with Crippen molar-refractivity contribution >= 4 is 11.8 Å². The number of carbonyl (C=O) groups excluding carboxylic acids is 2. The highest BCUT2D eigenvalue weighted by atomic mass is 16.5. The zero-order valence-corrected chi connectivity index (χ0v) is 17.1. The first kappa shape index (κ1) is 20.9. The van der Waals surface area contributed by atoms with Crippen LogP contribution in [0.1, 0.15) is 30.4 Å². The van der Waals surface area contributed by atoms with Crippen LogP contribution in [-0.2, 0) is 16.0 Å². The van der Waals surface area contributed by atoms with Crippen LogP contribution >= 0.6 is 0 Å². The Morgan fingerprint density at radius 1 is 1.07 bits per heavy atom. The third-order valence-corrected chi connectivity index (χ3v) is 5.34. The average Bonchev–Trinajstić information content (AvgIpc) is 2.74. The van der Waals surface area contributed by atoms with E-state index in [1.165, 1.54) is 11.1 Å². The van der Waals surface area contributed by atoms with Gasteiger partial charge < -0.3 is 15.0 Å². The normalized spacial score (nSPS) is 14.4. The lowest BCUT2D eigenvalue weighted by Crippen LogP contribution is -2.43. The number of aryl methyl sites for hydroxylation is 1. The third-order valence-electron chi connectivity index (χ3n) is 5.34. The van der Waals surface area contributed by atoms with Gasteiger partial charge >= 0.3 is 0 Å². The lowest BCUT2D eigenvalue weighted by molar-refractivity contribution is -0.136. The molecule has 2 aromatic rings. The van der Waals surface area contributed by atoms with E-state index in [0.29, 0.717) is 32.7 Å². The summed E-state index contributed by atoms with van der Waals surface area (Å²) in [6, 6.07) is 17.9. The molecule has 0 bridgehead atoms. The topological polar surface area (TPSA) is 58.6 Å². The maximum absolute atomic E-state index is 12.4. The number of carbonyl (C=O) groups is 2. The number of para-hydroxylation sites is 1. The largest absolute Gasteiger partial charge is 0.493 e. The van der Waals surface area contributed by atoms with Crippen molar-refractivity contribution in [2.24, 2.45) is 5.92 Å². The highest BCUT2D eigenvalue weighted by molar-refractivity contribution is 5.80. The highest BCUT2D eigenvalue weighted by Gasteiger charge is 2.26. The van der Waals surface area contributed by atoms with Crippen molar-refractivity contribution in [2.45, 2.75) is 32.6 Å². The van der Waals surface area contributed by atoms with Gasteiger partial charge in [-0.3, -0.25) is 9.59 Å². The van der Waals surface area contributed by atoms with Gasteiger partial charge in [0.1, 0.15) is 5.75 Å². The van der Waals surface area contributed by atoms with Crippen LogP contribution in [-0.4, -0.2) is 43.0 Å². The lowest BCUT2D eigenvalue weighted by atomic mass is 9.95. The van der Waals surface area contributed by atoms with Crippen LogP contribution < -0.4 is 10.1 Å². The summed E-state index contributed by atoms with van der Waals surface area (Å²) in [6.45, 7) is 4.38. The summed E-state index contributed by atoms with van der Waals surface area (Å²) >= 11 is 0. The molecule has 1 saturated heterocycles. The molecule has 2 amide bonds. The number of ether oxygens (including phenoxy) is 1. The van der Waals surface area contributed by atoms with Crippen LogP contribution in [0.25, 0.3) is 0 Å². The molecule has 1 aliphatic rings. The van der Waals surface area contributed by atoms with E-state index in [9.17, 15) is 9.59 Å². The van der Waals surface area contributed by atoms with Gasteiger partial charge in [-0.1, -0.05) is 48.0 Å². The van der Waals surface area contributed by atoms with Crippen molar-refractivity contribution < 1.29 is 14.3 Å². The van der Waals surface area contributed by atoms with Gasteiger partial charge in [-0.25, -0.2) is 0 Å². The fraction of sp³-hybridized carbons (Fsp3) is 0.417. The van der Waals surface area contributed by atoms with Crippen LogP contribution in [0.4, 0.5) is 0 Å². The molecule has 0 saturated carbocycles. The minimum atomic E-state index is -0.00266. The number of rotatable bonds is 8. The van der Waals surface area contributed by atoms with E-state index in [1.54, 1.807) is 0 Å². The molecular weight excluding hydrogens is 364 g/mol. The summed E-state index contributed by atoms with van der Waals surface area (Å²) in [5.74, 6) is 0.981. The third kappa shape index (κ3) is 6.63. The summed E-state index contributed by atoms with van der Waals surface area (Å²) < 4.78 is 5.60. The molecule has 0 unspecified atom stereocenters. The quantitative estimate of drug-likeness (QED) is 0.747. The molecule has 0 aliphatic carbocycles. The molecule has 1 aliphatic heterocycles. The van der Waals surface area contributed by atoms with E-state index in [2.05, 4.69) is 30.4 Å². The van der Waals surface area contributed by atoms with Gasteiger partial charge in [-0.05, 0) is 43.9 Å². The Morgan fingerprint density at radius 2 is 1.83 bits per heavy atom. The van der Waals surface area contributed by atoms with Crippen LogP contribution in [0.2, 0.25) is 0 Å². The maximum Gasteiger partial charge on any atom is 0.225 e. The van der Waals surface area contributed by atoms with Gasteiger partial charge in [-0.2, -0.15) is 0 Å². The van der Waals surface area contributed by atoms with E-state index in [0.717, 1.165) is 25.0 Å². The molecular formula is C24H30N2O3. The van der Waals surface area contributed by atoms with E-state index in [4.69, 9.17) is 4.74 Å². The van der Waals surface area contributed by atoms with Gasteiger partial charge in [-0.15, -0.1) is 0 Å². The Morgan fingerprint density at radius 3 is 2.55 bits per heavy atom. The Hall–Kier alpha value is -2.82. The van der Waals surface area contributed by atoms with Gasteiger partial charge in [0, 0.05) is 25.6 Å². The zero-order valence-electron chi connectivity index (χ0n) is 17.1. The van der Waals surface area contributed by atoms with Crippen molar-refractivity contribution in [1.82, 2.24) is 10.2 Å². The van der Waals surface area contributed by atoms with Gasteiger partial charge in [0.2, 0.25) is 11.8 Å². The van der Waals surface area contributed by atoms with Crippen LogP contribution in [0.5, 0.6) is 5.75 Å². The molecule has 5 nitrogen and oxygen atoms in total. The molecule has 0 spiro atoms. The summed E-state index contributed by atoms with van der Waals surface area (Å²) in [5, 5.41) is 3.05. The molecule has 5 heteroatoms. The average molecular weight is 395 g/mol. The van der Waals surface area contributed by atoms with Crippen molar-refractivity contribution in [3.05, 3.63) is 65.7 Å². The first-order chi connectivity index (χ1) is 14.1. The van der Waals surface area contributed by atoms with Crippen LogP contribution in [0, 0.1) is 12.8 Å². The first-order valence-electron chi connectivity index (χ1n) is 10.4. The predicted octanol–water partition coefficient (Wildman–Crippen LogP) is 3.36. The molecule has 1 heterocycles. The standard InChI is InChI=1S/C24H30N2O3/c1-19-6-5-7-20(18-19)10-14-25-24(28)21-11-15-26(16-12-21)23(27)13-17-29-22-8-3-2-4-9-22/h2-9,18,21H,10-17H2,1H3,(H,25,28). The fourth-order valence-electron chi connectivity index (χ4n) is 3.66. The molecule has 1 N–H and O–H groups in total. The number of nitrogens with one attached hydrogen (secondary N) is 1. The highest BCUT2D eigenvalue weighted by Crippen LogP contribution is 2.18. The van der Waals surface area contributed by atoms with Crippen LogP contribution in [0.3, 0.4) is 0 Å². The summed E-state index contributed by atoms with van der Waals surface area (Å²) in [4.78, 5) is 26.6. The first-order valence-corrected chi connectivity index (χ1v) is 10.4. The minimum Gasteiger partial charge on any atom is -0.493 e. The smallest absolute Gasteiger partial charge is 0.225 e. The number of nitrogens with zero attached hydrogens (tertiary/aromatic N) is 1. The summed E-state index contributed by atoms with van der Waals surface area (Å²) in [6.07, 6.45) is 2.65. The number of amides is 2. The molecule has 1 fully saturated rings. The van der Waals surface area contributed by atoms with Crippen molar-refractivity contribution in [2.75, 3.05) is 26.2 Å². The monoisotopic (exact) mass is 394 g/mol. The molecule has 29 heavy (non-hydrogen) atoms. The Balaban J connectivity index is 1.32. The maximum atomic E-state index is 12.4. The van der Waals surface area contributed by atoms with Crippen molar-refractivity contribution in [3.63, 3.8) is 0 Å². The number of likely N-dealkylation sites (tertiary alicyclic amines) is 1. The number of piperidine rings is 1. The number of hydrogen-bond acceptors (Lipinski definition) is 3. The Labute approximate surface area is 173 Å². The van der Waals surface area contributed by atoms with Gasteiger partial charge in [0.05, 0.1) is 13.0 Å². The molecule has 154 valence electrons. The molecule has 0 radical (unpaired) electrons. The van der Waals surface area contributed by atoms with E-state index >= 15 is 0 Å². The van der Waals surface area contributed by atoms with E-state index < -0.39 is 0 Å².